The molecule has 5 heteroatoms. The lowest BCUT2D eigenvalue weighted by atomic mass is 10.0. The van der Waals surface area contributed by atoms with Crippen LogP contribution in [0.2, 0.25) is 0 Å². The van der Waals surface area contributed by atoms with Crippen LogP contribution in [0.15, 0.2) is 36.0 Å². The van der Waals surface area contributed by atoms with E-state index in [2.05, 4.69) is 51.4 Å². The predicted octanol–water partition coefficient (Wildman–Crippen LogP) is 3.71. The maximum Gasteiger partial charge on any atom is 0.193 e. The topological polar surface area (TPSA) is 38.6 Å². The maximum atomic E-state index is 5.89. The summed E-state index contributed by atoms with van der Waals surface area (Å²) in [6.45, 7) is 3.69. The van der Waals surface area contributed by atoms with E-state index in [9.17, 15) is 0 Å². The molecule has 0 fully saturated rings. The third-order valence-electron chi connectivity index (χ3n) is 4.11. The van der Waals surface area contributed by atoms with E-state index in [-0.39, 0.29) is 0 Å². The average molecular weight is 313 g/mol. The number of fused-ring (bicyclic) bond motifs is 2. The molecular formula is C17H19N3OS. The molecule has 3 heterocycles. The fourth-order valence-electron chi connectivity index (χ4n) is 2.98. The minimum atomic E-state index is 0.331. The molecule has 114 valence electrons. The molecule has 0 amide bonds. The Bertz CT molecular complexity index is 764. The van der Waals surface area contributed by atoms with E-state index in [1.54, 1.807) is 11.3 Å². The van der Waals surface area contributed by atoms with Gasteiger partial charge in [0, 0.05) is 35.9 Å². The zero-order valence-electron chi connectivity index (χ0n) is 12.6. The number of aromatic nitrogens is 2. The molecule has 0 bridgehead atoms. The highest BCUT2D eigenvalue weighted by atomic mass is 32.1. The van der Waals surface area contributed by atoms with Gasteiger partial charge in [0.05, 0.1) is 12.3 Å². The zero-order valence-corrected chi connectivity index (χ0v) is 13.4. The minimum Gasteiger partial charge on any atom is -0.493 e. The molecule has 1 aromatic carbocycles. The Morgan fingerprint density at radius 3 is 3.32 bits per heavy atom. The van der Waals surface area contributed by atoms with Gasteiger partial charge in [-0.1, -0.05) is 12.1 Å². The zero-order chi connectivity index (χ0) is 14.9. The Labute approximate surface area is 133 Å². The van der Waals surface area contributed by atoms with Crippen molar-refractivity contribution in [2.45, 2.75) is 32.4 Å². The van der Waals surface area contributed by atoms with Crippen LogP contribution in [0.4, 0.5) is 0 Å². The lowest BCUT2D eigenvalue weighted by Gasteiger charge is -2.18. The van der Waals surface area contributed by atoms with Crippen molar-refractivity contribution < 1.29 is 4.74 Å². The number of hydrogen-bond acceptors (Lipinski definition) is 4. The lowest BCUT2D eigenvalue weighted by Crippen LogP contribution is -2.20. The number of thiazole rings is 1. The van der Waals surface area contributed by atoms with E-state index in [1.807, 2.05) is 6.20 Å². The Morgan fingerprint density at radius 1 is 1.45 bits per heavy atom. The van der Waals surface area contributed by atoms with Crippen LogP contribution in [-0.4, -0.2) is 16.0 Å². The van der Waals surface area contributed by atoms with Crippen molar-refractivity contribution in [2.24, 2.45) is 0 Å². The monoisotopic (exact) mass is 313 g/mol. The largest absolute Gasteiger partial charge is 0.493 e. The molecule has 1 atom stereocenters. The van der Waals surface area contributed by atoms with Crippen molar-refractivity contribution in [3.63, 3.8) is 0 Å². The Kier molecular flexibility index (Phi) is 3.60. The summed E-state index contributed by atoms with van der Waals surface area (Å²) in [6.07, 6.45) is 6.32. The van der Waals surface area contributed by atoms with Gasteiger partial charge in [-0.15, -0.1) is 11.3 Å². The van der Waals surface area contributed by atoms with Crippen LogP contribution in [-0.2, 0) is 6.54 Å². The van der Waals surface area contributed by atoms with Gasteiger partial charge < -0.3 is 10.1 Å². The molecule has 22 heavy (non-hydrogen) atoms. The van der Waals surface area contributed by atoms with Gasteiger partial charge in [-0.3, -0.25) is 4.40 Å². The van der Waals surface area contributed by atoms with E-state index in [1.165, 1.54) is 11.1 Å². The molecule has 1 unspecified atom stereocenters. The SMILES string of the molecule is Cc1ccc2c(c1)OCCCC2NCc1cn2ccsc2n1. The molecule has 0 spiro atoms. The van der Waals surface area contributed by atoms with Gasteiger partial charge in [-0.2, -0.15) is 0 Å². The van der Waals surface area contributed by atoms with Gasteiger partial charge in [0.15, 0.2) is 4.96 Å². The van der Waals surface area contributed by atoms with Gasteiger partial charge in [-0.05, 0) is 31.4 Å². The summed E-state index contributed by atoms with van der Waals surface area (Å²) in [5, 5.41) is 5.71. The highest BCUT2D eigenvalue weighted by molar-refractivity contribution is 7.15. The van der Waals surface area contributed by atoms with Crippen LogP contribution in [0.3, 0.4) is 0 Å². The summed E-state index contributed by atoms with van der Waals surface area (Å²) in [4.78, 5) is 5.69. The molecule has 0 saturated carbocycles. The van der Waals surface area contributed by atoms with Crippen LogP contribution < -0.4 is 10.1 Å². The summed E-state index contributed by atoms with van der Waals surface area (Å²) < 4.78 is 7.97. The van der Waals surface area contributed by atoms with Crippen LogP contribution >= 0.6 is 11.3 Å². The van der Waals surface area contributed by atoms with Gasteiger partial charge in [-0.25, -0.2) is 4.98 Å². The molecule has 1 aliphatic heterocycles. The van der Waals surface area contributed by atoms with Crippen LogP contribution in [0.1, 0.15) is 35.7 Å². The number of benzene rings is 1. The first kappa shape index (κ1) is 13.8. The Hall–Kier alpha value is -1.85. The van der Waals surface area contributed by atoms with Gasteiger partial charge in [0.2, 0.25) is 0 Å². The molecule has 4 nitrogen and oxygen atoms in total. The third-order valence-corrected chi connectivity index (χ3v) is 4.88. The summed E-state index contributed by atoms with van der Waals surface area (Å²) in [5.41, 5.74) is 3.60. The van der Waals surface area contributed by atoms with Crippen molar-refractivity contribution in [1.29, 1.82) is 0 Å². The number of hydrogen-bond donors (Lipinski definition) is 1. The quantitative estimate of drug-likeness (QED) is 0.801. The number of nitrogens with zero attached hydrogens (tertiary/aromatic N) is 2. The third kappa shape index (κ3) is 2.62. The Balaban J connectivity index is 1.53. The Morgan fingerprint density at radius 2 is 2.41 bits per heavy atom. The number of imidazole rings is 1. The van der Waals surface area contributed by atoms with Crippen LogP contribution in [0, 0.1) is 6.92 Å². The molecular weight excluding hydrogens is 294 g/mol. The van der Waals surface area contributed by atoms with Crippen molar-refractivity contribution in [3.8, 4) is 5.75 Å². The standard InChI is InChI=1S/C17H19N3OS/c1-12-4-5-14-15(3-2-7-21-16(14)9-12)18-10-13-11-20-6-8-22-17(20)19-13/h4-6,8-9,11,15,18H,2-3,7,10H2,1H3. The average Bonchev–Trinajstić information content (AvgIpc) is 3.02. The number of ether oxygens (including phenoxy) is 1. The summed E-state index contributed by atoms with van der Waals surface area (Å²) in [6, 6.07) is 6.83. The smallest absolute Gasteiger partial charge is 0.193 e. The van der Waals surface area contributed by atoms with Crippen LogP contribution in [0.5, 0.6) is 5.75 Å². The van der Waals surface area contributed by atoms with Gasteiger partial charge in [0.25, 0.3) is 0 Å². The second-order valence-corrected chi connectivity index (χ2v) is 6.66. The lowest BCUT2D eigenvalue weighted by molar-refractivity contribution is 0.315. The van der Waals surface area contributed by atoms with Gasteiger partial charge >= 0.3 is 0 Å². The highest BCUT2D eigenvalue weighted by Crippen LogP contribution is 2.32. The van der Waals surface area contributed by atoms with E-state index in [0.717, 1.165) is 42.4 Å². The molecule has 0 aliphatic carbocycles. The molecule has 0 radical (unpaired) electrons. The molecule has 1 N–H and O–H groups in total. The minimum absolute atomic E-state index is 0.331. The summed E-state index contributed by atoms with van der Waals surface area (Å²) >= 11 is 1.67. The van der Waals surface area contributed by atoms with Crippen molar-refractivity contribution in [2.75, 3.05) is 6.61 Å². The second kappa shape index (κ2) is 5.74. The number of rotatable bonds is 3. The summed E-state index contributed by atoms with van der Waals surface area (Å²) in [5.74, 6) is 1.03. The molecule has 0 saturated heterocycles. The fraction of sp³-hybridized carbons (Fsp3) is 0.353. The van der Waals surface area contributed by atoms with Crippen LogP contribution in [0.25, 0.3) is 4.96 Å². The molecule has 2 aromatic heterocycles. The summed E-state index contributed by atoms with van der Waals surface area (Å²) in [7, 11) is 0. The number of aryl methyl sites for hydroxylation is 1. The van der Waals surface area contributed by atoms with Crippen molar-refractivity contribution in [3.05, 3.63) is 52.8 Å². The molecule has 1 aliphatic rings. The molecule has 3 aromatic rings. The van der Waals surface area contributed by atoms with E-state index in [0.29, 0.717) is 6.04 Å². The number of nitrogens with one attached hydrogen (secondary N) is 1. The van der Waals surface area contributed by atoms with E-state index < -0.39 is 0 Å². The van der Waals surface area contributed by atoms with Crippen molar-refractivity contribution >= 4 is 16.3 Å². The first-order chi connectivity index (χ1) is 10.8. The first-order valence-corrected chi connectivity index (χ1v) is 8.55. The predicted molar refractivity (Wildman–Crippen MR) is 88.6 cm³/mol. The maximum absolute atomic E-state index is 5.89. The fourth-order valence-corrected chi connectivity index (χ4v) is 3.70. The van der Waals surface area contributed by atoms with Gasteiger partial charge in [0.1, 0.15) is 5.75 Å². The normalized spacial score (nSPS) is 18.0. The first-order valence-electron chi connectivity index (χ1n) is 7.67. The second-order valence-electron chi connectivity index (χ2n) is 5.79. The highest BCUT2D eigenvalue weighted by Gasteiger charge is 2.19. The van der Waals surface area contributed by atoms with E-state index in [4.69, 9.17) is 4.74 Å². The van der Waals surface area contributed by atoms with Crippen molar-refractivity contribution in [1.82, 2.24) is 14.7 Å². The molecule has 4 rings (SSSR count). The van der Waals surface area contributed by atoms with E-state index >= 15 is 0 Å².